The van der Waals surface area contributed by atoms with Gasteiger partial charge in [0.1, 0.15) is 0 Å². The molecule has 0 bridgehead atoms. The van der Waals surface area contributed by atoms with Crippen LogP contribution in [0.2, 0.25) is 0 Å². The number of hydrogen-bond donors (Lipinski definition) is 0. The lowest BCUT2D eigenvalue weighted by Crippen LogP contribution is -2.46. The third kappa shape index (κ3) is 2.39. The highest BCUT2D eigenvalue weighted by molar-refractivity contribution is 5.37. The minimum Gasteiger partial charge on any atom is -0.379 e. The molecular formula is C14H21N3O2. The fourth-order valence-electron chi connectivity index (χ4n) is 2.80. The van der Waals surface area contributed by atoms with E-state index in [1.165, 1.54) is 0 Å². The Kier molecular flexibility index (Phi) is 3.31. The molecule has 5 nitrogen and oxygen atoms in total. The summed E-state index contributed by atoms with van der Waals surface area (Å²) in [5, 5.41) is 0. The van der Waals surface area contributed by atoms with E-state index in [-0.39, 0.29) is 11.7 Å². The number of ether oxygens (including phenoxy) is 1. The number of anilines is 1. The summed E-state index contributed by atoms with van der Waals surface area (Å²) in [7, 11) is 1.74. The van der Waals surface area contributed by atoms with Gasteiger partial charge in [-0.1, -0.05) is 6.92 Å². The van der Waals surface area contributed by atoms with Crippen molar-refractivity contribution in [1.82, 2.24) is 9.55 Å². The molecule has 19 heavy (non-hydrogen) atoms. The van der Waals surface area contributed by atoms with E-state index in [0.29, 0.717) is 17.8 Å². The normalized spacial score (nSPS) is 27.6. The molecule has 0 radical (unpaired) electrons. The van der Waals surface area contributed by atoms with Gasteiger partial charge >= 0.3 is 0 Å². The number of methoxy groups -OCH3 is 1. The van der Waals surface area contributed by atoms with E-state index >= 15 is 0 Å². The molecule has 0 amide bonds. The van der Waals surface area contributed by atoms with E-state index in [1.807, 2.05) is 10.8 Å². The first-order valence-corrected chi connectivity index (χ1v) is 7.05. The Labute approximate surface area is 113 Å². The predicted octanol–water partition coefficient (Wildman–Crippen LogP) is 1.44. The average molecular weight is 263 g/mol. The van der Waals surface area contributed by atoms with Crippen LogP contribution >= 0.6 is 0 Å². The lowest BCUT2D eigenvalue weighted by molar-refractivity contribution is 0.0495. The Balaban J connectivity index is 1.86. The molecule has 1 aromatic rings. The predicted molar refractivity (Wildman–Crippen MR) is 73.6 cm³/mol. The zero-order chi connectivity index (χ0) is 13.4. The Morgan fingerprint density at radius 1 is 1.37 bits per heavy atom. The van der Waals surface area contributed by atoms with Crippen molar-refractivity contribution in [2.45, 2.75) is 38.3 Å². The number of nitrogens with zero attached hydrogens (tertiary/aromatic N) is 3. The summed E-state index contributed by atoms with van der Waals surface area (Å²) in [4.78, 5) is 18.8. The van der Waals surface area contributed by atoms with Crippen molar-refractivity contribution in [3.05, 3.63) is 22.7 Å². The summed E-state index contributed by atoms with van der Waals surface area (Å²) in [6.07, 6.45) is 7.00. The Bertz CT molecular complexity index is 510. The lowest BCUT2D eigenvalue weighted by Gasteiger charge is -2.36. The van der Waals surface area contributed by atoms with Crippen molar-refractivity contribution in [2.75, 3.05) is 25.1 Å². The van der Waals surface area contributed by atoms with Crippen molar-refractivity contribution < 1.29 is 4.74 Å². The van der Waals surface area contributed by atoms with Crippen molar-refractivity contribution in [2.24, 2.45) is 5.92 Å². The van der Waals surface area contributed by atoms with Crippen LogP contribution in [-0.4, -0.2) is 35.9 Å². The highest BCUT2D eigenvalue weighted by Crippen LogP contribution is 2.33. The molecule has 1 aromatic heterocycles. The van der Waals surface area contributed by atoms with Gasteiger partial charge in [0.15, 0.2) is 5.82 Å². The first-order chi connectivity index (χ1) is 9.20. The highest BCUT2D eigenvalue weighted by atomic mass is 16.5. The lowest BCUT2D eigenvalue weighted by atomic mass is 9.96. The third-order valence-electron chi connectivity index (χ3n) is 4.28. The van der Waals surface area contributed by atoms with E-state index in [4.69, 9.17) is 4.74 Å². The maximum atomic E-state index is 12.4. The summed E-state index contributed by atoms with van der Waals surface area (Å²) in [5.41, 5.74) is 0.0504. The standard InChI is InChI=1S/C14H21N3O2/c1-10-5-7-16(9-12(10)19-2)13-14(18)17(8-6-15-13)11-3-4-11/h6,8,10-12H,3-5,7,9H2,1-2H3. The maximum absolute atomic E-state index is 12.4. The third-order valence-corrected chi connectivity index (χ3v) is 4.28. The summed E-state index contributed by atoms with van der Waals surface area (Å²) in [5.74, 6) is 1.12. The summed E-state index contributed by atoms with van der Waals surface area (Å²) in [6.45, 7) is 3.85. The molecule has 2 heterocycles. The van der Waals surface area contributed by atoms with Gasteiger partial charge in [-0.05, 0) is 25.2 Å². The number of rotatable bonds is 3. The van der Waals surface area contributed by atoms with Gasteiger partial charge in [0, 0.05) is 38.6 Å². The maximum Gasteiger partial charge on any atom is 0.293 e. The van der Waals surface area contributed by atoms with E-state index in [0.717, 1.165) is 32.4 Å². The summed E-state index contributed by atoms with van der Waals surface area (Å²) in [6, 6.07) is 0.399. The molecule has 2 atom stereocenters. The van der Waals surface area contributed by atoms with Crippen LogP contribution in [-0.2, 0) is 4.74 Å². The quantitative estimate of drug-likeness (QED) is 0.828. The van der Waals surface area contributed by atoms with Gasteiger partial charge in [-0.2, -0.15) is 0 Å². The molecule has 104 valence electrons. The molecule has 0 aromatic carbocycles. The molecule has 1 saturated carbocycles. The Morgan fingerprint density at radius 2 is 2.16 bits per heavy atom. The second-order valence-corrected chi connectivity index (χ2v) is 5.68. The molecule has 1 saturated heterocycles. The Morgan fingerprint density at radius 3 is 2.84 bits per heavy atom. The molecule has 1 aliphatic heterocycles. The van der Waals surface area contributed by atoms with E-state index < -0.39 is 0 Å². The van der Waals surface area contributed by atoms with Gasteiger partial charge in [-0.3, -0.25) is 4.79 Å². The highest BCUT2D eigenvalue weighted by Gasteiger charge is 2.30. The molecule has 3 rings (SSSR count). The van der Waals surface area contributed by atoms with E-state index in [1.54, 1.807) is 13.3 Å². The minimum absolute atomic E-state index is 0.0504. The zero-order valence-electron chi connectivity index (χ0n) is 11.6. The van der Waals surface area contributed by atoms with Gasteiger partial charge < -0.3 is 14.2 Å². The minimum atomic E-state index is 0.0504. The van der Waals surface area contributed by atoms with Crippen LogP contribution in [0.25, 0.3) is 0 Å². The van der Waals surface area contributed by atoms with Crippen molar-refractivity contribution in [3.8, 4) is 0 Å². The van der Waals surface area contributed by atoms with Crippen molar-refractivity contribution in [1.29, 1.82) is 0 Å². The van der Waals surface area contributed by atoms with E-state index in [9.17, 15) is 4.79 Å². The van der Waals surface area contributed by atoms with Gasteiger partial charge in [-0.15, -0.1) is 0 Å². The van der Waals surface area contributed by atoms with Crippen molar-refractivity contribution in [3.63, 3.8) is 0 Å². The number of piperidine rings is 1. The van der Waals surface area contributed by atoms with Crippen LogP contribution in [0.3, 0.4) is 0 Å². The second-order valence-electron chi connectivity index (χ2n) is 5.68. The summed E-state index contributed by atoms with van der Waals surface area (Å²) < 4.78 is 7.34. The van der Waals surface area contributed by atoms with Crippen LogP contribution in [0.1, 0.15) is 32.2 Å². The monoisotopic (exact) mass is 263 g/mol. The fraction of sp³-hybridized carbons (Fsp3) is 0.714. The van der Waals surface area contributed by atoms with Gasteiger partial charge in [0.05, 0.1) is 6.10 Å². The summed E-state index contributed by atoms with van der Waals surface area (Å²) >= 11 is 0. The number of hydrogen-bond acceptors (Lipinski definition) is 4. The van der Waals surface area contributed by atoms with Crippen LogP contribution in [0.4, 0.5) is 5.82 Å². The molecule has 1 aliphatic carbocycles. The Hall–Kier alpha value is -1.36. The zero-order valence-corrected chi connectivity index (χ0v) is 11.6. The first kappa shape index (κ1) is 12.7. The molecule has 2 fully saturated rings. The van der Waals surface area contributed by atoms with E-state index in [2.05, 4.69) is 16.8 Å². The average Bonchev–Trinajstić information content (AvgIpc) is 3.24. The van der Waals surface area contributed by atoms with Crippen LogP contribution in [0, 0.1) is 5.92 Å². The second kappa shape index (κ2) is 4.96. The smallest absolute Gasteiger partial charge is 0.293 e. The topological polar surface area (TPSA) is 47.4 Å². The van der Waals surface area contributed by atoms with Gasteiger partial charge in [0.2, 0.25) is 0 Å². The largest absolute Gasteiger partial charge is 0.379 e. The first-order valence-electron chi connectivity index (χ1n) is 7.05. The SMILES string of the molecule is COC1CN(c2nccn(C3CC3)c2=O)CCC1C. The molecular weight excluding hydrogens is 242 g/mol. The number of aromatic nitrogens is 2. The van der Waals surface area contributed by atoms with Crippen LogP contribution in [0.15, 0.2) is 17.2 Å². The molecule has 0 spiro atoms. The molecule has 2 aliphatic rings. The van der Waals surface area contributed by atoms with Crippen molar-refractivity contribution >= 4 is 5.82 Å². The van der Waals surface area contributed by atoms with Crippen LogP contribution in [0.5, 0.6) is 0 Å². The molecule has 5 heteroatoms. The fourth-order valence-corrected chi connectivity index (χ4v) is 2.80. The molecule has 0 N–H and O–H groups in total. The molecule has 2 unspecified atom stereocenters. The van der Waals surface area contributed by atoms with Gasteiger partial charge in [-0.25, -0.2) is 4.98 Å². The van der Waals surface area contributed by atoms with Gasteiger partial charge in [0.25, 0.3) is 5.56 Å². The van der Waals surface area contributed by atoms with Crippen LogP contribution < -0.4 is 10.5 Å².